The summed E-state index contributed by atoms with van der Waals surface area (Å²) in [6.07, 6.45) is 1.37. The summed E-state index contributed by atoms with van der Waals surface area (Å²) in [7, 11) is 0. The van der Waals surface area contributed by atoms with E-state index in [9.17, 15) is 9.59 Å². The van der Waals surface area contributed by atoms with Gasteiger partial charge in [0, 0.05) is 40.7 Å². The molecule has 0 aliphatic heterocycles. The molecule has 156 valence electrons. The second-order valence-corrected chi connectivity index (χ2v) is 7.58. The van der Waals surface area contributed by atoms with E-state index in [0.717, 1.165) is 5.56 Å². The van der Waals surface area contributed by atoms with Crippen molar-refractivity contribution < 1.29 is 14.1 Å². The Kier molecular flexibility index (Phi) is 7.19. The van der Waals surface area contributed by atoms with Gasteiger partial charge in [-0.25, -0.2) is 0 Å². The van der Waals surface area contributed by atoms with Gasteiger partial charge in [-0.1, -0.05) is 36.7 Å². The number of carbonyl (C=O) groups excluding carboxylic acids is 2. The van der Waals surface area contributed by atoms with E-state index in [0.29, 0.717) is 47.4 Å². The molecule has 2 aromatic carbocycles. The van der Waals surface area contributed by atoms with Gasteiger partial charge in [0.1, 0.15) is 0 Å². The zero-order valence-electron chi connectivity index (χ0n) is 16.8. The Bertz CT molecular complexity index is 1020. The number of anilines is 2. The minimum atomic E-state index is -0.125. The lowest BCUT2D eigenvalue weighted by Crippen LogP contribution is -2.18. The molecule has 2 amide bonds. The van der Waals surface area contributed by atoms with E-state index in [1.807, 2.05) is 26.0 Å². The smallest absolute Gasteiger partial charge is 0.226 e. The topological polar surface area (TPSA) is 97.1 Å². The van der Waals surface area contributed by atoms with Gasteiger partial charge in [-0.2, -0.15) is 4.98 Å². The van der Waals surface area contributed by atoms with E-state index >= 15 is 0 Å². The number of amides is 2. The Balaban J connectivity index is 1.47. The zero-order chi connectivity index (χ0) is 21.5. The van der Waals surface area contributed by atoms with Gasteiger partial charge in [0.15, 0.2) is 0 Å². The van der Waals surface area contributed by atoms with Crippen LogP contribution >= 0.6 is 11.6 Å². The Morgan fingerprint density at radius 2 is 1.77 bits per heavy atom. The Morgan fingerprint density at radius 3 is 2.47 bits per heavy atom. The molecule has 30 heavy (non-hydrogen) atoms. The first-order chi connectivity index (χ1) is 14.4. The lowest BCUT2D eigenvalue weighted by atomic mass is 10.2. The summed E-state index contributed by atoms with van der Waals surface area (Å²) in [6, 6.07) is 14.2. The number of hydrogen-bond donors (Lipinski definition) is 2. The zero-order valence-corrected chi connectivity index (χ0v) is 17.6. The third-order valence-corrected chi connectivity index (χ3v) is 4.56. The summed E-state index contributed by atoms with van der Waals surface area (Å²) < 4.78 is 5.26. The molecule has 2 N–H and O–H groups in total. The lowest BCUT2D eigenvalue weighted by Gasteiger charge is -2.10. The van der Waals surface area contributed by atoms with Crippen LogP contribution in [0.1, 0.15) is 32.6 Å². The van der Waals surface area contributed by atoms with E-state index < -0.39 is 0 Å². The van der Waals surface area contributed by atoms with Crippen molar-refractivity contribution >= 4 is 34.8 Å². The van der Waals surface area contributed by atoms with Gasteiger partial charge < -0.3 is 15.2 Å². The molecule has 0 radical (unpaired) electrons. The predicted octanol–water partition coefficient (Wildman–Crippen LogP) is 4.95. The molecule has 0 atom stereocenters. The predicted molar refractivity (Wildman–Crippen MR) is 116 cm³/mol. The van der Waals surface area contributed by atoms with Crippen molar-refractivity contribution in [3.05, 3.63) is 59.4 Å². The second kappa shape index (κ2) is 10.0. The fraction of sp³-hybridized carbons (Fsp3) is 0.273. The molecule has 0 spiro atoms. The molecule has 8 heteroatoms. The van der Waals surface area contributed by atoms with Crippen LogP contribution in [-0.4, -0.2) is 22.0 Å². The van der Waals surface area contributed by atoms with Gasteiger partial charge >= 0.3 is 0 Å². The summed E-state index contributed by atoms with van der Waals surface area (Å²) in [4.78, 5) is 28.4. The molecule has 0 aliphatic carbocycles. The fourth-order valence-electron chi connectivity index (χ4n) is 2.66. The Hall–Kier alpha value is -3.19. The first kappa shape index (κ1) is 21.5. The number of halogens is 1. The van der Waals surface area contributed by atoms with E-state index in [4.69, 9.17) is 16.1 Å². The standard InChI is InChI=1S/C22H23ClN4O3/c1-14(2)22(29)25-18-6-3-5-17(13-18)24-19(28)7-4-8-20-26-21(27-30-20)15-9-11-16(23)12-10-15/h3,5-6,9-14H,4,7-8H2,1-2H3,(H,24,28)(H,25,29). The van der Waals surface area contributed by atoms with Crippen LogP contribution in [0.2, 0.25) is 5.02 Å². The van der Waals surface area contributed by atoms with Crippen molar-refractivity contribution in [3.8, 4) is 11.4 Å². The van der Waals surface area contributed by atoms with Crippen molar-refractivity contribution in [2.75, 3.05) is 10.6 Å². The number of aromatic nitrogens is 2. The minimum Gasteiger partial charge on any atom is -0.339 e. The summed E-state index contributed by atoms with van der Waals surface area (Å²) >= 11 is 5.88. The lowest BCUT2D eigenvalue weighted by molar-refractivity contribution is -0.119. The maximum Gasteiger partial charge on any atom is 0.226 e. The Morgan fingerprint density at radius 1 is 1.07 bits per heavy atom. The van der Waals surface area contributed by atoms with Crippen LogP contribution in [0.4, 0.5) is 11.4 Å². The number of rotatable bonds is 8. The van der Waals surface area contributed by atoms with Crippen LogP contribution in [0.25, 0.3) is 11.4 Å². The summed E-state index contributed by atoms with van der Waals surface area (Å²) in [5, 5.41) is 10.3. The van der Waals surface area contributed by atoms with Gasteiger partial charge in [-0.3, -0.25) is 9.59 Å². The fourth-order valence-corrected chi connectivity index (χ4v) is 2.78. The van der Waals surface area contributed by atoms with E-state index in [2.05, 4.69) is 20.8 Å². The Labute approximate surface area is 179 Å². The highest BCUT2D eigenvalue weighted by atomic mass is 35.5. The molecule has 0 fully saturated rings. The number of nitrogens with zero attached hydrogens (tertiary/aromatic N) is 2. The minimum absolute atomic E-state index is 0.0731. The van der Waals surface area contributed by atoms with Crippen LogP contribution in [0.5, 0.6) is 0 Å². The van der Waals surface area contributed by atoms with Crippen molar-refractivity contribution in [1.29, 1.82) is 0 Å². The number of aryl methyl sites for hydroxylation is 1. The third kappa shape index (κ3) is 6.15. The molecule has 0 saturated carbocycles. The molecular formula is C22H23ClN4O3. The van der Waals surface area contributed by atoms with Gasteiger partial charge in [-0.05, 0) is 48.9 Å². The molecule has 0 aliphatic rings. The highest BCUT2D eigenvalue weighted by molar-refractivity contribution is 6.30. The van der Waals surface area contributed by atoms with Crippen molar-refractivity contribution in [3.63, 3.8) is 0 Å². The number of carbonyl (C=O) groups is 2. The average Bonchev–Trinajstić information content (AvgIpc) is 3.17. The first-order valence-electron chi connectivity index (χ1n) is 9.70. The van der Waals surface area contributed by atoms with Gasteiger partial charge in [-0.15, -0.1) is 0 Å². The molecule has 3 aromatic rings. The maximum atomic E-state index is 12.2. The van der Waals surface area contributed by atoms with Crippen LogP contribution in [0, 0.1) is 5.92 Å². The molecule has 0 unspecified atom stereocenters. The number of nitrogens with one attached hydrogen (secondary N) is 2. The molecule has 3 rings (SSSR count). The first-order valence-corrected chi connectivity index (χ1v) is 10.1. The van der Waals surface area contributed by atoms with Gasteiger partial charge in [0.25, 0.3) is 0 Å². The van der Waals surface area contributed by atoms with Gasteiger partial charge in [0.2, 0.25) is 23.5 Å². The van der Waals surface area contributed by atoms with Gasteiger partial charge in [0.05, 0.1) is 0 Å². The van der Waals surface area contributed by atoms with Crippen LogP contribution in [0.3, 0.4) is 0 Å². The number of hydrogen-bond acceptors (Lipinski definition) is 5. The van der Waals surface area contributed by atoms with Crippen LogP contribution in [-0.2, 0) is 16.0 Å². The van der Waals surface area contributed by atoms with Crippen LogP contribution in [0.15, 0.2) is 53.1 Å². The highest BCUT2D eigenvalue weighted by Gasteiger charge is 2.11. The largest absolute Gasteiger partial charge is 0.339 e. The third-order valence-electron chi connectivity index (χ3n) is 4.30. The molecule has 7 nitrogen and oxygen atoms in total. The highest BCUT2D eigenvalue weighted by Crippen LogP contribution is 2.20. The van der Waals surface area contributed by atoms with E-state index in [1.165, 1.54) is 0 Å². The molecule has 1 aromatic heterocycles. The van der Waals surface area contributed by atoms with E-state index in [1.54, 1.807) is 36.4 Å². The second-order valence-electron chi connectivity index (χ2n) is 7.15. The van der Waals surface area contributed by atoms with Crippen LogP contribution < -0.4 is 10.6 Å². The summed E-state index contributed by atoms with van der Waals surface area (Å²) in [5.41, 5.74) is 2.09. The quantitative estimate of drug-likeness (QED) is 0.531. The summed E-state index contributed by atoms with van der Waals surface area (Å²) in [5.74, 6) is 0.654. The summed E-state index contributed by atoms with van der Waals surface area (Å²) in [6.45, 7) is 3.64. The van der Waals surface area contributed by atoms with Crippen molar-refractivity contribution in [2.24, 2.45) is 5.92 Å². The van der Waals surface area contributed by atoms with Crippen molar-refractivity contribution in [1.82, 2.24) is 10.1 Å². The average molecular weight is 427 g/mol. The van der Waals surface area contributed by atoms with Crippen molar-refractivity contribution in [2.45, 2.75) is 33.1 Å². The molecule has 1 heterocycles. The van der Waals surface area contributed by atoms with E-state index in [-0.39, 0.29) is 17.7 Å². The maximum absolute atomic E-state index is 12.2. The monoisotopic (exact) mass is 426 g/mol. The number of benzene rings is 2. The normalized spacial score (nSPS) is 10.8. The SMILES string of the molecule is CC(C)C(=O)Nc1cccc(NC(=O)CCCc2nc(-c3ccc(Cl)cc3)no2)c1. The molecule has 0 bridgehead atoms. The molecule has 0 saturated heterocycles. The molecular weight excluding hydrogens is 404 g/mol.